The predicted molar refractivity (Wildman–Crippen MR) is 84.9 cm³/mol. The van der Waals surface area contributed by atoms with Gasteiger partial charge in [-0.15, -0.1) is 0 Å². The molecule has 21 heavy (non-hydrogen) atoms. The van der Waals surface area contributed by atoms with E-state index in [0.717, 1.165) is 30.6 Å². The smallest absolute Gasteiger partial charge is 0.306 e. The van der Waals surface area contributed by atoms with E-state index in [4.69, 9.17) is 16.3 Å². The fourth-order valence-electron chi connectivity index (χ4n) is 2.77. The Morgan fingerprint density at radius 1 is 1.24 bits per heavy atom. The molecule has 0 radical (unpaired) electrons. The van der Waals surface area contributed by atoms with Crippen LogP contribution in [0.1, 0.15) is 39.0 Å². The van der Waals surface area contributed by atoms with E-state index in [9.17, 15) is 9.00 Å². The highest BCUT2D eigenvalue weighted by atomic mass is 35.5. The van der Waals surface area contributed by atoms with E-state index in [-0.39, 0.29) is 11.2 Å². The first-order valence-corrected chi connectivity index (χ1v) is 9.01. The molecule has 1 atom stereocenters. The molecule has 0 aliphatic heterocycles. The van der Waals surface area contributed by atoms with Crippen LogP contribution in [-0.2, 0) is 20.3 Å². The maximum absolute atomic E-state index is 12.5. The second-order valence-electron chi connectivity index (χ2n) is 5.40. The van der Waals surface area contributed by atoms with Crippen LogP contribution in [0.25, 0.3) is 0 Å². The molecule has 1 saturated carbocycles. The number of hydrogen-bond acceptors (Lipinski definition) is 3. The molecule has 2 rings (SSSR count). The van der Waals surface area contributed by atoms with Gasteiger partial charge in [0.15, 0.2) is 0 Å². The summed E-state index contributed by atoms with van der Waals surface area (Å²) < 4.78 is 17.5. The molecule has 0 spiro atoms. The molecule has 1 aliphatic carbocycles. The summed E-state index contributed by atoms with van der Waals surface area (Å²) in [6.07, 6.45) is 4.19. The first-order chi connectivity index (χ1) is 10.1. The molecule has 3 nitrogen and oxygen atoms in total. The van der Waals surface area contributed by atoms with Crippen LogP contribution in [-0.4, -0.2) is 22.0 Å². The maximum Gasteiger partial charge on any atom is 0.306 e. The molecule has 0 aromatic heterocycles. The summed E-state index contributed by atoms with van der Waals surface area (Å²) in [5.41, 5.74) is 0. The average Bonchev–Trinajstić information content (AvgIpc) is 2.48. The van der Waals surface area contributed by atoms with Crippen molar-refractivity contribution in [2.45, 2.75) is 49.2 Å². The Bertz CT molecular complexity index is 493. The molecule has 1 aliphatic rings. The summed E-state index contributed by atoms with van der Waals surface area (Å²) in [6.45, 7) is 2.26. The summed E-state index contributed by atoms with van der Waals surface area (Å²) in [4.78, 5) is 12.3. The van der Waals surface area contributed by atoms with Crippen LogP contribution < -0.4 is 0 Å². The van der Waals surface area contributed by atoms with Gasteiger partial charge in [0.25, 0.3) is 0 Å². The lowest BCUT2D eigenvalue weighted by atomic mass is 9.87. The molecule has 1 unspecified atom stereocenters. The van der Waals surface area contributed by atoms with E-state index in [1.807, 2.05) is 19.1 Å². The summed E-state index contributed by atoms with van der Waals surface area (Å²) in [6, 6.07) is 7.23. The predicted octanol–water partition coefficient (Wildman–Crippen LogP) is 3.96. The van der Waals surface area contributed by atoms with Crippen molar-refractivity contribution in [3.63, 3.8) is 0 Å². The van der Waals surface area contributed by atoms with Gasteiger partial charge in [-0.25, -0.2) is 0 Å². The zero-order chi connectivity index (χ0) is 15.2. The minimum absolute atomic E-state index is 0.111. The molecule has 1 fully saturated rings. The lowest BCUT2D eigenvalue weighted by molar-refractivity contribution is -0.144. The van der Waals surface area contributed by atoms with Crippen molar-refractivity contribution in [1.82, 2.24) is 0 Å². The zero-order valence-electron chi connectivity index (χ0n) is 12.2. The zero-order valence-corrected chi connectivity index (χ0v) is 13.8. The maximum atomic E-state index is 12.5. The van der Waals surface area contributed by atoms with Gasteiger partial charge in [-0.2, -0.15) is 0 Å². The number of esters is 1. The van der Waals surface area contributed by atoms with Crippen molar-refractivity contribution in [3.8, 4) is 0 Å². The van der Waals surface area contributed by atoms with Gasteiger partial charge in [0.2, 0.25) is 0 Å². The van der Waals surface area contributed by atoms with Crippen molar-refractivity contribution in [2.24, 2.45) is 5.92 Å². The molecule has 1 aromatic carbocycles. The van der Waals surface area contributed by atoms with E-state index in [1.54, 1.807) is 12.1 Å². The van der Waals surface area contributed by atoms with E-state index >= 15 is 0 Å². The normalized spacial score (nSPS) is 23.5. The van der Waals surface area contributed by atoms with Crippen LogP contribution in [0, 0.1) is 5.92 Å². The molecule has 5 heteroatoms. The SMILES string of the molecule is CCOC(=O)CC1CCC(S(=O)c2ccc(Cl)cc2)CC1. The third-order valence-corrected chi connectivity index (χ3v) is 5.97. The number of carbonyl (C=O) groups excluding carboxylic acids is 1. The van der Waals surface area contributed by atoms with Gasteiger partial charge in [0, 0.05) is 21.6 Å². The van der Waals surface area contributed by atoms with Gasteiger partial charge in [0.05, 0.1) is 17.4 Å². The quantitative estimate of drug-likeness (QED) is 0.768. The largest absolute Gasteiger partial charge is 0.466 e. The number of hydrogen-bond donors (Lipinski definition) is 0. The van der Waals surface area contributed by atoms with E-state index in [1.165, 1.54) is 0 Å². The highest BCUT2D eigenvalue weighted by Gasteiger charge is 2.27. The number of rotatable bonds is 5. The van der Waals surface area contributed by atoms with E-state index in [0.29, 0.717) is 24.0 Å². The number of carbonyl (C=O) groups is 1. The first-order valence-electron chi connectivity index (χ1n) is 7.42. The molecule has 0 bridgehead atoms. The lowest BCUT2D eigenvalue weighted by Gasteiger charge is -2.27. The van der Waals surface area contributed by atoms with Gasteiger partial charge < -0.3 is 4.74 Å². The minimum atomic E-state index is -0.984. The van der Waals surface area contributed by atoms with Crippen molar-refractivity contribution < 1.29 is 13.7 Å². The minimum Gasteiger partial charge on any atom is -0.466 e. The topological polar surface area (TPSA) is 43.4 Å². The molecular weight excluding hydrogens is 308 g/mol. The van der Waals surface area contributed by atoms with Gasteiger partial charge in [-0.05, 0) is 62.8 Å². The number of halogens is 1. The van der Waals surface area contributed by atoms with Crippen LogP contribution in [0.3, 0.4) is 0 Å². The number of ether oxygens (including phenoxy) is 1. The Morgan fingerprint density at radius 2 is 1.86 bits per heavy atom. The van der Waals surface area contributed by atoms with Crippen molar-refractivity contribution in [1.29, 1.82) is 0 Å². The van der Waals surface area contributed by atoms with E-state index in [2.05, 4.69) is 0 Å². The van der Waals surface area contributed by atoms with Crippen molar-refractivity contribution in [2.75, 3.05) is 6.61 Å². The highest BCUT2D eigenvalue weighted by Crippen LogP contribution is 2.32. The molecule has 0 amide bonds. The third-order valence-electron chi connectivity index (χ3n) is 3.90. The fourth-order valence-corrected chi connectivity index (χ4v) is 4.38. The van der Waals surface area contributed by atoms with Gasteiger partial charge in [0.1, 0.15) is 0 Å². The van der Waals surface area contributed by atoms with Crippen LogP contribution >= 0.6 is 11.6 Å². The molecule has 0 N–H and O–H groups in total. The Hall–Kier alpha value is -0.870. The van der Waals surface area contributed by atoms with Gasteiger partial charge in [-0.1, -0.05) is 11.6 Å². The lowest BCUT2D eigenvalue weighted by Crippen LogP contribution is -2.25. The summed E-state index contributed by atoms with van der Waals surface area (Å²) >= 11 is 5.85. The van der Waals surface area contributed by atoms with Gasteiger partial charge >= 0.3 is 5.97 Å². The van der Waals surface area contributed by atoms with E-state index < -0.39 is 10.8 Å². The summed E-state index contributed by atoms with van der Waals surface area (Å²) in [5.74, 6) is 0.266. The second-order valence-corrected chi connectivity index (χ2v) is 7.57. The molecular formula is C16H21ClO3S. The first kappa shape index (κ1) is 16.5. The monoisotopic (exact) mass is 328 g/mol. The summed E-state index contributed by atoms with van der Waals surface area (Å²) in [7, 11) is -0.984. The fraction of sp³-hybridized carbons (Fsp3) is 0.562. The molecule has 116 valence electrons. The van der Waals surface area contributed by atoms with Crippen LogP contribution in [0.2, 0.25) is 5.02 Å². The Balaban J connectivity index is 1.84. The molecule has 1 aromatic rings. The number of benzene rings is 1. The van der Waals surface area contributed by atoms with Gasteiger partial charge in [-0.3, -0.25) is 9.00 Å². The Labute approximate surface area is 133 Å². The van der Waals surface area contributed by atoms with Crippen molar-refractivity contribution in [3.05, 3.63) is 29.3 Å². The standard InChI is InChI=1S/C16H21ClO3S/c1-2-20-16(18)11-12-3-7-14(8-4-12)21(19)15-9-5-13(17)6-10-15/h5-6,9-10,12,14H,2-4,7-8,11H2,1H3. The highest BCUT2D eigenvalue weighted by molar-refractivity contribution is 7.85. The summed E-state index contributed by atoms with van der Waals surface area (Å²) in [5, 5.41) is 0.846. The average molecular weight is 329 g/mol. The molecule has 0 heterocycles. The molecule has 0 saturated heterocycles. The van der Waals surface area contributed by atoms with Crippen LogP contribution in [0.15, 0.2) is 29.2 Å². The van der Waals surface area contributed by atoms with Crippen molar-refractivity contribution >= 4 is 28.4 Å². The van der Waals surface area contributed by atoms with Crippen LogP contribution in [0.5, 0.6) is 0 Å². The second kappa shape index (κ2) is 7.95. The third kappa shape index (κ3) is 4.82. The Morgan fingerprint density at radius 3 is 2.43 bits per heavy atom. The Kier molecular flexibility index (Phi) is 6.24. The van der Waals surface area contributed by atoms with Crippen LogP contribution in [0.4, 0.5) is 0 Å².